The van der Waals surface area contributed by atoms with Crippen molar-refractivity contribution in [2.45, 2.75) is 39.5 Å². The van der Waals surface area contributed by atoms with E-state index in [4.69, 9.17) is 16.3 Å². The van der Waals surface area contributed by atoms with E-state index in [9.17, 15) is 0 Å². The van der Waals surface area contributed by atoms with Crippen LogP contribution in [0.25, 0.3) is 0 Å². The predicted molar refractivity (Wildman–Crippen MR) is 80.7 cm³/mol. The van der Waals surface area contributed by atoms with E-state index in [1.54, 1.807) is 0 Å². The van der Waals surface area contributed by atoms with E-state index < -0.39 is 0 Å². The molecule has 0 spiro atoms. The fraction of sp³-hybridized carbons (Fsp3) is 0.769. The highest BCUT2D eigenvalue weighted by Crippen LogP contribution is 2.24. The Bertz CT molecular complexity index is 424. The molecule has 1 atom stereocenters. The van der Waals surface area contributed by atoms with Gasteiger partial charge in [-0.25, -0.2) is 0 Å². The molecular weight excluding hydrogens is 330 g/mol. The molecule has 0 bridgehead atoms. The number of nitrogens with zero attached hydrogens (tertiary/aromatic N) is 3. The van der Waals surface area contributed by atoms with Crippen LogP contribution in [0.2, 0.25) is 0 Å². The Kier molecular flexibility index (Phi) is 5.69. The molecule has 1 aliphatic rings. The molecule has 0 radical (unpaired) electrons. The van der Waals surface area contributed by atoms with E-state index in [1.165, 1.54) is 5.69 Å². The van der Waals surface area contributed by atoms with Crippen molar-refractivity contribution in [2.24, 2.45) is 0 Å². The molecule has 1 aliphatic heterocycles. The third kappa shape index (κ3) is 3.51. The molecule has 1 aromatic rings. The van der Waals surface area contributed by atoms with Crippen LogP contribution >= 0.6 is 27.5 Å². The van der Waals surface area contributed by atoms with E-state index in [2.05, 4.69) is 44.5 Å². The van der Waals surface area contributed by atoms with Gasteiger partial charge in [-0.15, -0.1) is 11.6 Å². The molecule has 108 valence electrons. The number of alkyl halides is 1. The van der Waals surface area contributed by atoms with Gasteiger partial charge in [0.05, 0.1) is 28.6 Å². The summed E-state index contributed by atoms with van der Waals surface area (Å²) in [4.78, 5) is 2.39. The van der Waals surface area contributed by atoms with Gasteiger partial charge in [0, 0.05) is 32.1 Å². The number of halogens is 2. The molecule has 1 unspecified atom stereocenters. The number of ether oxygens (including phenoxy) is 1. The fourth-order valence-electron chi connectivity index (χ4n) is 2.40. The van der Waals surface area contributed by atoms with Crippen LogP contribution in [0.4, 0.5) is 0 Å². The summed E-state index contributed by atoms with van der Waals surface area (Å²) in [7, 11) is 0. The maximum atomic E-state index is 5.89. The first kappa shape index (κ1) is 15.3. The normalized spacial score (nSPS) is 20.9. The maximum absolute atomic E-state index is 5.89. The summed E-state index contributed by atoms with van der Waals surface area (Å²) in [6.45, 7) is 8.67. The van der Waals surface area contributed by atoms with Crippen LogP contribution in [-0.4, -0.2) is 46.4 Å². The van der Waals surface area contributed by atoms with Crippen LogP contribution in [0.5, 0.6) is 0 Å². The van der Waals surface area contributed by atoms with Crippen LogP contribution in [0.1, 0.15) is 25.2 Å². The molecule has 19 heavy (non-hydrogen) atoms. The highest BCUT2D eigenvalue weighted by atomic mass is 79.9. The molecule has 1 saturated heterocycles. The Morgan fingerprint density at radius 1 is 1.47 bits per heavy atom. The second-order valence-corrected chi connectivity index (χ2v) is 5.86. The molecule has 0 N–H and O–H groups in total. The molecule has 6 heteroatoms. The summed E-state index contributed by atoms with van der Waals surface area (Å²) in [5.41, 5.74) is 2.40. The van der Waals surface area contributed by atoms with Gasteiger partial charge in [-0.3, -0.25) is 9.58 Å². The van der Waals surface area contributed by atoms with Crippen molar-refractivity contribution in [1.29, 1.82) is 0 Å². The number of morpholine rings is 1. The van der Waals surface area contributed by atoms with Gasteiger partial charge in [0.1, 0.15) is 0 Å². The largest absolute Gasteiger partial charge is 0.374 e. The lowest BCUT2D eigenvalue weighted by Crippen LogP contribution is -2.43. The number of aryl methyl sites for hydroxylation is 2. The third-order valence-electron chi connectivity index (χ3n) is 3.46. The zero-order chi connectivity index (χ0) is 13.8. The molecule has 0 amide bonds. The zero-order valence-electron chi connectivity index (χ0n) is 11.5. The summed E-state index contributed by atoms with van der Waals surface area (Å²) in [6.07, 6.45) is 1.10. The smallest absolute Gasteiger partial charge is 0.0837 e. The quantitative estimate of drug-likeness (QED) is 0.765. The summed E-state index contributed by atoms with van der Waals surface area (Å²) in [6, 6.07) is 0. The minimum absolute atomic E-state index is 0.151. The molecule has 2 rings (SSSR count). The summed E-state index contributed by atoms with van der Waals surface area (Å²) < 4.78 is 8.85. The standard InChI is InChI=1S/C13H21BrClN3O/c1-3-11-13(14)12(18(4-2)16-11)9-17-5-6-19-10(7-15)8-17/h10H,3-9H2,1-2H3. The van der Waals surface area contributed by atoms with Crippen molar-refractivity contribution < 1.29 is 4.74 Å². The highest BCUT2D eigenvalue weighted by molar-refractivity contribution is 9.10. The first-order chi connectivity index (χ1) is 9.19. The van der Waals surface area contributed by atoms with Crippen molar-refractivity contribution in [3.05, 3.63) is 15.9 Å². The fourth-order valence-corrected chi connectivity index (χ4v) is 3.27. The van der Waals surface area contributed by atoms with E-state index >= 15 is 0 Å². The average molecular weight is 351 g/mol. The second-order valence-electron chi connectivity index (χ2n) is 4.76. The van der Waals surface area contributed by atoms with Gasteiger partial charge < -0.3 is 4.74 Å². The van der Waals surface area contributed by atoms with Crippen LogP contribution in [0.3, 0.4) is 0 Å². The molecule has 0 aromatic carbocycles. The van der Waals surface area contributed by atoms with E-state index in [0.29, 0.717) is 5.88 Å². The van der Waals surface area contributed by atoms with Crippen LogP contribution < -0.4 is 0 Å². The number of hydrogen-bond acceptors (Lipinski definition) is 3. The molecule has 1 fully saturated rings. The van der Waals surface area contributed by atoms with Crippen molar-refractivity contribution in [2.75, 3.05) is 25.6 Å². The van der Waals surface area contributed by atoms with Crippen molar-refractivity contribution in [1.82, 2.24) is 14.7 Å². The van der Waals surface area contributed by atoms with E-state index in [-0.39, 0.29) is 6.10 Å². The predicted octanol–water partition coefficient (Wildman–Crippen LogP) is 2.67. The van der Waals surface area contributed by atoms with Crippen LogP contribution in [-0.2, 0) is 24.2 Å². The van der Waals surface area contributed by atoms with Gasteiger partial charge in [0.15, 0.2) is 0 Å². The summed E-state index contributed by atoms with van der Waals surface area (Å²) in [5.74, 6) is 0.560. The minimum Gasteiger partial charge on any atom is -0.374 e. The molecule has 2 heterocycles. The van der Waals surface area contributed by atoms with Crippen molar-refractivity contribution in [3.8, 4) is 0 Å². The third-order valence-corrected chi connectivity index (χ3v) is 4.72. The average Bonchev–Trinajstić information content (AvgIpc) is 2.75. The Balaban J connectivity index is 2.11. The van der Waals surface area contributed by atoms with Crippen molar-refractivity contribution >= 4 is 27.5 Å². The second kappa shape index (κ2) is 7.07. The van der Waals surface area contributed by atoms with Crippen molar-refractivity contribution in [3.63, 3.8) is 0 Å². The first-order valence-corrected chi connectivity index (χ1v) is 8.16. The van der Waals surface area contributed by atoms with Gasteiger partial charge in [0.25, 0.3) is 0 Å². The molecule has 0 aliphatic carbocycles. The SMILES string of the molecule is CCc1nn(CC)c(CN2CCOC(CCl)C2)c1Br. The summed E-state index contributed by atoms with van der Waals surface area (Å²) in [5, 5.41) is 4.64. The lowest BCUT2D eigenvalue weighted by Gasteiger charge is -2.32. The minimum atomic E-state index is 0.151. The molecular formula is C13H21BrClN3O. The molecule has 0 saturated carbocycles. The van der Waals surface area contributed by atoms with Gasteiger partial charge in [-0.1, -0.05) is 6.92 Å². The summed E-state index contributed by atoms with van der Waals surface area (Å²) >= 11 is 9.58. The first-order valence-electron chi connectivity index (χ1n) is 6.83. The number of aromatic nitrogens is 2. The topological polar surface area (TPSA) is 30.3 Å². The maximum Gasteiger partial charge on any atom is 0.0837 e. The number of hydrogen-bond donors (Lipinski definition) is 0. The van der Waals surface area contributed by atoms with Crippen LogP contribution in [0.15, 0.2) is 4.47 Å². The van der Waals surface area contributed by atoms with E-state index in [1.807, 2.05) is 0 Å². The van der Waals surface area contributed by atoms with Gasteiger partial charge >= 0.3 is 0 Å². The lowest BCUT2D eigenvalue weighted by molar-refractivity contribution is -0.0202. The van der Waals surface area contributed by atoms with Gasteiger partial charge in [0.2, 0.25) is 0 Å². The van der Waals surface area contributed by atoms with E-state index in [0.717, 1.165) is 49.4 Å². The highest BCUT2D eigenvalue weighted by Gasteiger charge is 2.22. The Labute approximate surface area is 128 Å². The molecule has 4 nitrogen and oxygen atoms in total. The zero-order valence-corrected chi connectivity index (χ0v) is 13.9. The lowest BCUT2D eigenvalue weighted by atomic mass is 10.2. The monoisotopic (exact) mass is 349 g/mol. The Hall–Kier alpha value is -0.100. The number of rotatable bonds is 5. The molecule has 1 aromatic heterocycles. The van der Waals surface area contributed by atoms with Gasteiger partial charge in [-0.2, -0.15) is 5.10 Å². The Morgan fingerprint density at radius 2 is 2.26 bits per heavy atom. The Morgan fingerprint density at radius 3 is 2.89 bits per heavy atom. The van der Waals surface area contributed by atoms with Gasteiger partial charge in [-0.05, 0) is 29.3 Å². The van der Waals surface area contributed by atoms with Crippen LogP contribution in [0, 0.1) is 0 Å².